The van der Waals surface area contributed by atoms with Crippen LogP contribution in [0.4, 0.5) is 0 Å². The van der Waals surface area contributed by atoms with Gasteiger partial charge < -0.3 is 19.9 Å². The summed E-state index contributed by atoms with van der Waals surface area (Å²) in [7, 11) is 0. The van der Waals surface area contributed by atoms with Gasteiger partial charge in [0.1, 0.15) is 18.1 Å². The third-order valence-corrected chi connectivity index (χ3v) is 4.61. The van der Waals surface area contributed by atoms with E-state index in [9.17, 15) is 4.79 Å². The number of hydrogen-bond acceptors (Lipinski definition) is 6. The number of piperazine rings is 1. The second kappa shape index (κ2) is 10.3. The smallest absolute Gasteiger partial charge is 0.255 e. The minimum atomic E-state index is -0.116. The van der Waals surface area contributed by atoms with Gasteiger partial charge in [-0.05, 0) is 26.0 Å². The van der Waals surface area contributed by atoms with E-state index in [2.05, 4.69) is 20.7 Å². The summed E-state index contributed by atoms with van der Waals surface area (Å²) < 4.78 is 11.0. The molecule has 0 spiro atoms. The number of hydrogen-bond donors (Lipinski definition) is 2. The second-order valence-corrected chi connectivity index (χ2v) is 6.44. The maximum Gasteiger partial charge on any atom is 0.255 e. The molecule has 2 N–H and O–H groups in total. The Morgan fingerprint density at radius 3 is 2.74 bits per heavy atom. The molecule has 0 unspecified atom stereocenters. The minimum absolute atomic E-state index is 0. The van der Waals surface area contributed by atoms with Crippen LogP contribution in [0.5, 0.6) is 5.75 Å². The summed E-state index contributed by atoms with van der Waals surface area (Å²) in [5, 5.41) is 10.2. The van der Waals surface area contributed by atoms with Crippen molar-refractivity contribution in [2.45, 2.75) is 20.5 Å². The van der Waals surface area contributed by atoms with Gasteiger partial charge in [0, 0.05) is 39.3 Å². The molecule has 1 aromatic heterocycles. The Morgan fingerprint density at radius 1 is 1.30 bits per heavy atom. The molecule has 0 aliphatic carbocycles. The molecule has 1 aliphatic heterocycles. The third-order valence-electron chi connectivity index (χ3n) is 4.61. The van der Waals surface area contributed by atoms with Gasteiger partial charge in [0.15, 0.2) is 0 Å². The Hall–Kier alpha value is -2.09. The Labute approximate surface area is 165 Å². The van der Waals surface area contributed by atoms with Crippen LogP contribution in [0, 0.1) is 13.8 Å². The van der Waals surface area contributed by atoms with Crippen LogP contribution in [0.3, 0.4) is 0 Å². The number of para-hydroxylation sites is 1. The fourth-order valence-corrected chi connectivity index (χ4v) is 3.00. The van der Waals surface area contributed by atoms with E-state index in [0.717, 1.165) is 49.7 Å². The highest BCUT2D eigenvalue weighted by Gasteiger charge is 2.15. The normalized spacial score (nSPS) is 14.4. The van der Waals surface area contributed by atoms with E-state index in [-0.39, 0.29) is 18.3 Å². The van der Waals surface area contributed by atoms with Crippen LogP contribution in [0.2, 0.25) is 0 Å². The SMILES string of the molecule is Cc1noc(C)c1COc1ccccc1C(=O)NCCN1CCNCC1.Cl. The molecule has 148 valence electrons. The van der Waals surface area contributed by atoms with Gasteiger partial charge in [-0.25, -0.2) is 0 Å². The van der Waals surface area contributed by atoms with E-state index >= 15 is 0 Å². The standard InChI is InChI=1S/C19H26N4O3.ClH/c1-14-17(15(2)26-22-14)13-25-18-6-4-3-5-16(18)19(24)21-9-12-23-10-7-20-8-11-23;/h3-6,20H,7-13H2,1-2H3,(H,21,24);1H. The lowest BCUT2D eigenvalue weighted by atomic mass is 10.2. The molecule has 1 aliphatic rings. The zero-order valence-electron chi connectivity index (χ0n) is 15.8. The summed E-state index contributed by atoms with van der Waals surface area (Å²) in [6.45, 7) is 9.59. The first-order valence-electron chi connectivity index (χ1n) is 9.00. The fourth-order valence-electron chi connectivity index (χ4n) is 3.00. The third kappa shape index (κ3) is 5.69. The first-order valence-corrected chi connectivity index (χ1v) is 9.00. The number of nitrogens with one attached hydrogen (secondary N) is 2. The zero-order valence-corrected chi connectivity index (χ0v) is 16.6. The van der Waals surface area contributed by atoms with Gasteiger partial charge in [0.2, 0.25) is 0 Å². The van der Waals surface area contributed by atoms with Crippen molar-refractivity contribution in [1.82, 2.24) is 20.7 Å². The summed E-state index contributed by atoms with van der Waals surface area (Å²) in [6.07, 6.45) is 0. The quantitative estimate of drug-likeness (QED) is 0.747. The maximum absolute atomic E-state index is 12.5. The lowest BCUT2D eigenvalue weighted by Gasteiger charge is -2.27. The molecule has 2 heterocycles. The molecule has 2 aromatic rings. The Balaban J connectivity index is 0.00000261. The number of aromatic nitrogens is 1. The van der Waals surface area contributed by atoms with Crippen LogP contribution >= 0.6 is 12.4 Å². The molecule has 27 heavy (non-hydrogen) atoms. The molecule has 8 heteroatoms. The first kappa shape index (κ1) is 21.2. The van der Waals surface area contributed by atoms with Crippen molar-refractivity contribution in [2.75, 3.05) is 39.3 Å². The molecule has 0 radical (unpaired) electrons. The first-order chi connectivity index (χ1) is 12.6. The van der Waals surface area contributed by atoms with E-state index in [1.165, 1.54) is 0 Å². The summed E-state index contributed by atoms with van der Waals surface area (Å²) in [5.74, 6) is 1.18. The lowest BCUT2D eigenvalue weighted by Crippen LogP contribution is -2.46. The van der Waals surface area contributed by atoms with Crippen LogP contribution in [0.25, 0.3) is 0 Å². The van der Waals surface area contributed by atoms with Crippen molar-refractivity contribution >= 4 is 18.3 Å². The van der Waals surface area contributed by atoms with Crippen LogP contribution in [-0.4, -0.2) is 55.2 Å². The number of nitrogens with zero attached hydrogens (tertiary/aromatic N) is 2. The zero-order chi connectivity index (χ0) is 18.4. The predicted molar refractivity (Wildman–Crippen MR) is 106 cm³/mol. The molecule has 1 amide bonds. The maximum atomic E-state index is 12.5. The highest BCUT2D eigenvalue weighted by Crippen LogP contribution is 2.21. The molecular formula is C19H27ClN4O3. The number of amides is 1. The molecule has 0 atom stereocenters. The average molecular weight is 395 g/mol. The number of aryl methyl sites for hydroxylation is 2. The van der Waals surface area contributed by atoms with Gasteiger partial charge >= 0.3 is 0 Å². The number of carbonyl (C=O) groups excluding carboxylic acids is 1. The fraction of sp³-hybridized carbons (Fsp3) is 0.474. The highest BCUT2D eigenvalue weighted by molar-refractivity contribution is 5.96. The van der Waals surface area contributed by atoms with Crippen LogP contribution in [0.15, 0.2) is 28.8 Å². The van der Waals surface area contributed by atoms with Crippen molar-refractivity contribution < 1.29 is 14.1 Å². The topological polar surface area (TPSA) is 79.6 Å². The van der Waals surface area contributed by atoms with E-state index < -0.39 is 0 Å². The average Bonchev–Trinajstić information content (AvgIpc) is 2.99. The van der Waals surface area contributed by atoms with Crippen molar-refractivity contribution in [1.29, 1.82) is 0 Å². The number of ether oxygens (including phenoxy) is 1. The molecule has 3 rings (SSSR count). The summed E-state index contributed by atoms with van der Waals surface area (Å²) in [4.78, 5) is 14.9. The van der Waals surface area contributed by atoms with E-state index in [4.69, 9.17) is 9.26 Å². The molecule has 1 fully saturated rings. The van der Waals surface area contributed by atoms with E-state index in [1.807, 2.05) is 32.0 Å². The van der Waals surface area contributed by atoms with Crippen LogP contribution < -0.4 is 15.4 Å². The van der Waals surface area contributed by atoms with Gasteiger partial charge in [-0.3, -0.25) is 9.69 Å². The van der Waals surface area contributed by atoms with Gasteiger partial charge in [0.05, 0.1) is 16.8 Å². The van der Waals surface area contributed by atoms with Gasteiger partial charge in [-0.2, -0.15) is 0 Å². The van der Waals surface area contributed by atoms with Gasteiger partial charge in [-0.1, -0.05) is 17.3 Å². The number of carbonyl (C=O) groups is 1. The lowest BCUT2D eigenvalue weighted by molar-refractivity contribution is 0.0942. The molecule has 1 aromatic carbocycles. The van der Waals surface area contributed by atoms with Gasteiger partial charge in [0.25, 0.3) is 5.91 Å². The van der Waals surface area contributed by atoms with Crippen molar-refractivity contribution in [3.63, 3.8) is 0 Å². The van der Waals surface area contributed by atoms with Crippen molar-refractivity contribution in [2.24, 2.45) is 0 Å². The molecule has 0 bridgehead atoms. The largest absolute Gasteiger partial charge is 0.488 e. The summed E-state index contributed by atoms with van der Waals surface area (Å²) in [6, 6.07) is 7.29. The number of halogens is 1. The molecular weight excluding hydrogens is 368 g/mol. The summed E-state index contributed by atoms with van der Waals surface area (Å²) >= 11 is 0. The van der Waals surface area contributed by atoms with E-state index in [0.29, 0.717) is 24.5 Å². The Morgan fingerprint density at radius 2 is 2.04 bits per heavy atom. The number of rotatable bonds is 7. The molecule has 0 saturated carbocycles. The van der Waals surface area contributed by atoms with E-state index in [1.54, 1.807) is 6.07 Å². The van der Waals surface area contributed by atoms with Gasteiger partial charge in [-0.15, -0.1) is 12.4 Å². The van der Waals surface area contributed by atoms with Crippen molar-refractivity contribution in [3.05, 3.63) is 46.8 Å². The second-order valence-electron chi connectivity index (χ2n) is 6.44. The molecule has 7 nitrogen and oxygen atoms in total. The molecule has 1 saturated heterocycles. The van der Waals surface area contributed by atoms with Crippen LogP contribution in [0.1, 0.15) is 27.4 Å². The van der Waals surface area contributed by atoms with Crippen molar-refractivity contribution in [3.8, 4) is 5.75 Å². The number of benzene rings is 1. The van der Waals surface area contributed by atoms with Crippen LogP contribution in [-0.2, 0) is 6.61 Å². The minimum Gasteiger partial charge on any atom is -0.488 e. The Bertz CT molecular complexity index is 725. The highest BCUT2D eigenvalue weighted by atomic mass is 35.5. The Kier molecular flexibility index (Phi) is 8.09. The predicted octanol–water partition coefficient (Wildman–Crippen LogP) is 1.93. The summed E-state index contributed by atoms with van der Waals surface area (Å²) in [5.41, 5.74) is 2.26. The monoisotopic (exact) mass is 394 g/mol.